The molecule has 0 radical (unpaired) electrons. The van der Waals surface area contributed by atoms with Gasteiger partial charge in [-0.05, 0) is 48.6 Å². The van der Waals surface area contributed by atoms with Crippen LogP contribution in [0.2, 0.25) is 0 Å². The Hall–Kier alpha value is -4.54. The fourth-order valence-corrected chi connectivity index (χ4v) is 4.56. The molecule has 1 saturated heterocycles. The largest absolute Gasteiger partial charge is 0.493 e. The van der Waals surface area contributed by atoms with Crippen molar-refractivity contribution in [1.29, 1.82) is 0 Å². The van der Waals surface area contributed by atoms with Gasteiger partial charge in [0.25, 0.3) is 17.7 Å². The van der Waals surface area contributed by atoms with E-state index in [1.165, 1.54) is 12.3 Å². The van der Waals surface area contributed by atoms with Gasteiger partial charge in [0.1, 0.15) is 23.4 Å². The second-order valence-corrected chi connectivity index (χ2v) is 9.98. The number of ether oxygens (including phenoxy) is 3. The third-order valence-electron chi connectivity index (χ3n) is 6.91. The Bertz CT molecular complexity index is 1350. The van der Waals surface area contributed by atoms with E-state index >= 15 is 0 Å². The summed E-state index contributed by atoms with van der Waals surface area (Å²) in [6, 6.07) is 13.2. The topological polar surface area (TPSA) is 132 Å². The lowest BCUT2D eigenvalue weighted by molar-refractivity contribution is -0.123. The van der Waals surface area contributed by atoms with E-state index in [4.69, 9.17) is 18.7 Å². The van der Waals surface area contributed by atoms with Gasteiger partial charge in [0, 0.05) is 30.8 Å². The lowest BCUT2D eigenvalue weighted by Crippen LogP contribution is -2.45. The van der Waals surface area contributed by atoms with E-state index in [-0.39, 0.29) is 43.2 Å². The molecule has 2 atom stereocenters. The van der Waals surface area contributed by atoms with Gasteiger partial charge >= 0.3 is 0 Å². The van der Waals surface area contributed by atoms with Gasteiger partial charge in [0.05, 0.1) is 25.4 Å². The molecule has 11 nitrogen and oxygen atoms in total. The highest BCUT2D eigenvalue weighted by molar-refractivity contribution is 5.96. The molecule has 11 heteroatoms. The first-order chi connectivity index (χ1) is 19.0. The molecular weight excluding hydrogens is 504 g/mol. The molecule has 7 rings (SSSR count). The molecule has 3 amide bonds. The summed E-state index contributed by atoms with van der Waals surface area (Å²) < 4.78 is 23.0. The maximum Gasteiger partial charge on any atom is 0.292 e. The molecule has 3 aromatic rings. The molecule has 202 valence electrons. The van der Waals surface area contributed by atoms with Gasteiger partial charge in [0.2, 0.25) is 5.76 Å². The third-order valence-corrected chi connectivity index (χ3v) is 6.91. The Kier molecular flexibility index (Phi) is 6.78. The summed E-state index contributed by atoms with van der Waals surface area (Å²) in [4.78, 5) is 40.4. The average Bonchev–Trinajstić information content (AvgIpc) is 3.45. The lowest BCUT2D eigenvalue weighted by atomic mass is 10.1. The maximum absolute atomic E-state index is 13.5. The standard InChI is InChI=1S/C28H28N4O7/c33-26-16-37-22-10-19(9-21(11-22)36-15-18-1-2-18)27(34)31-23-13-32(28(35)24-7-8-30-39-24)14-25(23)38-20-5-3-17(4-6-20)12-29-26/h3-11,18,23,25H,1-2,12-16H2,(H,29,33)(H,31,34)/t23-,25-/m0/s1. The van der Waals surface area contributed by atoms with Crippen molar-refractivity contribution in [3.8, 4) is 17.2 Å². The van der Waals surface area contributed by atoms with Crippen LogP contribution in [0.25, 0.3) is 0 Å². The number of rotatable bonds is 4. The molecule has 2 N–H and O–H groups in total. The first kappa shape index (κ1) is 24.8. The maximum atomic E-state index is 13.5. The van der Waals surface area contributed by atoms with Crippen molar-refractivity contribution in [2.45, 2.75) is 31.5 Å². The number of amides is 3. The summed E-state index contributed by atoms with van der Waals surface area (Å²) in [5.74, 6) is 1.04. The Morgan fingerprint density at radius 2 is 1.90 bits per heavy atom. The SMILES string of the molecule is O=C1COc2cc(OCC3CC3)cc(c2)C(=O)N[C@H]2CN(C(=O)c3ccno3)C[C@@H]2Oc2ccc(cc2)CN1. The number of benzene rings is 2. The van der Waals surface area contributed by atoms with Gasteiger partial charge in [0.15, 0.2) is 6.61 Å². The second kappa shape index (κ2) is 10.7. The second-order valence-electron chi connectivity index (χ2n) is 9.98. The van der Waals surface area contributed by atoms with E-state index in [9.17, 15) is 14.4 Å². The van der Waals surface area contributed by atoms with E-state index in [0.29, 0.717) is 41.9 Å². The van der Waals surface area contributed by atoms with Crippen molar-refractivity contribution in [2.24, 2.45) is 5.92 Å². The summed E-state index contributed by atoms with van der Waals surface area (Å²) >= 11 is 0. The molecule has 2 fully saturated rings. The van der Waals surface area contributed by atoms with E-state index in [0.717, 1.165) is 18.4 Å². The van der Waals surface area contributed by atoms with E-state index in [1.54, 1.807) is 35.2 Å². The van der Waals surface area contributed by atoms with Gasteiger partial charge in [-0.15, -0.1) is 0 Å². The fourth-order valence-electron chi connectivity index (χ4n) is 4.56. The van der Waals surface area contributed by atoms with Crippen LogP contribution in [-0.2, 0) is 11.3 Å². The molecule has 4 heterocycles. The zero-order valence-corrected chi connectivity index (χ0v) is 21.1. The Labute approximate surface area is 224 Å². The normalized spacial score (nSPS) is 21.2. The predicted octanol–water partition coefficient (Wildman–Crippen LogP) is 2.17. The van der Waals surface area contributed by atoms with E-state index in [1.807, 2.05) is 12.1 Å². The summed E-state index contributed by atoms with van der Waals surface area (Å²) in [7, 11) is 0. The molecule has 0 spiro atoms. The van der Waals surface area contributed by atoms with Gasteiger partial charge in [-0.2, -0.15) is 0 Å². The fraction of sp³-hybridized carbons (Fsp3) is 0.357. The number of nitrogens with zero attached hydrogens (tertiary/aromatic N) is 2. The summed E-state index contributed by atoms with van der Waals surface area (Å²) in [6.45, 7) is 1.12. The Morgan fingerprint density at radius 3 is 2.67 bits per heavy atom. The third kappa shape index (κ3) is 5.97. The zero-order chi connectivity index (χ0) is 26.8. The molecule has 4 bridgehead atoms. The van der Waals surface area contributed by atoms with Gasteiger partial charge in [-0.3, -0.25) is 14.4 Å². The number of likely N-dealkylation sites (tertiary alicyclic amines) is 1. The van der Waals surface area contributed by atoms with Gasteiger partial charge in [-0.1, -0.05) is 17.3 Å². The van der Waals surface area contributed by atoms with Crippen LogP contribution in [0.3, 0.4) is 0 Å². The average molecular weight is 533 g/mol. The van der Waals surface area contributed by atoms with Crippen molar-refractivity contribution in [3.05, 3.63) is 71.6 Å². The Balaban J connectivity index is 1.29. The molecule has 4 aliphatic rings. The number of aromatic nitrogens is 1. The lowest BCUT2D eigenvalue weighted by Gasteiger charge is -2.21. The van der Waals surface area contributed by atoms with Crippen LogP contribution < -0.4 is 24.8 Å². The number of hydrogen-bond donors (Lipinski definition) is 2. The number of carbonyl (C=O) groups is 3. The molecule has 39 heavy (non-hydrogen) atoms. The molecule has 0 unspecified atom stereocenters. The first-order valence-corrected chi connectivity index (χ1v) is 12.9. The number of nitrogens with one attached hydrogen (secondary N) is 2. The molecular formula is C28H28N4O7. The highest BCUT2D eigenvalue weighted by atomic mass is 16.5. The summed E-state index contributed by atoms with van der Waals surface area (Å²) in [6.07, 6.45) is 3.13. The van der Waals surface area contributed by atoms with Gasteiger partial charge in [-0.25, -0.2) is 0 Å². The monoisotopic (exact) mass is 532 g/mol. The van der Waals surface area contributed by atoms with Gasteiger partial charge < -0.3 is 34.3 Å². The van der Waals surface area contributed by atoms with Crippen LogP contribution in [0.1, 0.15) is 39.3 Å². The van der Waals surface area contributed by atoms with E-state index in [2.05, 4.69) is 15.8 Å². The highest BCUT2D eigenvalue weighted by Gasteiger charge is 2.39. The number of hydrogen-bond acceptors (Lipinski definition) is 8. The number of carbonyl (C=O) groups excluding carboxylic acids is 3. The van der Waals surface area contributed by atoms with Crippen LogP contribution in [0, 0.1) is 5.92 Å². The molecule has 1 aliphatic carbocycles. The van der Waals surface area contributed by atoms with Crippen molar-refractivity contribution in [1.82, 2.24) is 20.7 Å². The van der Waals surface area contributed by atoms with Crippen LogP contribution >= 0.6 is 0 Å². The van der Waals surface area contributed by atoms with Crippen LogP contribution in [-0.4, -0.2) is 66.2 Å². The zero-order valence-electron chi connectivity index (χ0n) is 21.1. The Morgan fingerprint density at radius 1 is 1.05 bits per heavy atom. The van der Waals surface area contributed by atoms with E-state index < -0.39 is 12.1 Å². The first-order valence-electron chi connectivity index (χ1n) is 12.9. The summed E-state index contributed by atoms with van der Waals surface area (Å²) in [5, 5.41) is 9.47. The van der Waals surface area contributed by atoms with Crippen molar-refractivity contribution in [3.63, 3.8) is 0 Å². The van der Waals surface area contributed by atoms with Crippen molar-refractivity contribution >= 4 is 17.7 Å². The smallest absolute Gasteiger partial charge is 0.292 e. The molecule has 1 saturated carbocycles. The quantitative estimate of drug-likeness (QED) is 0.523. The van der Waals surface area contributed by atoms with Crippen molar-refractivity contribution in [2.75, 3.05) is 26.3 Å². The minimum Gasteiger partial charge on any atom is -0.493 e. The summed E-state index contributed by atoms with van der Waals surface area (Å²) in [5.41, 5.74) is 1.20. The minimum absolute atomic E-state index is 0.115. The van der Waals surface area contributed by atoms with Crippen LogP contribution in [0.4, 0.5) is 0 Å². The highest BCUT2D eigenvalue weighted by Crippen LogP contribution is 2.31. The molecule has 1 aromatic heterocycles. The molecule has 3 aliphatic heterocycles. The number of fused-ring (bicyclic) bond motifs is 7. The minimum atomic E-state index is -0.521. The van der Waals surface area contributed by atoms with Crippen LogP contribution in [0.15, 0.2) is 59.3 Å². The van der Waals surface area contributed by atoms with Crippen molar-refractivity contribution < 1.29 is 33.1 Å². The molecule has 2 aromatic carbocycles. The predicted molar refractivity (Wildman–Crippen MR) is 137 cm³/mol. The van der Waals surface area contributed by atoms with Crippen LogP contribution in [0.5, 0.6) is 17.2 Å².